The fraction of sp³-hybridized carbons (Fsp3) is 0.292. The number of aromatic nitrogens is 3. The number of carbonyl (C=O) groups is 1. The molecule has 0 saturated carbocycles. The van der Waals surface area contributed by atoms with Crippen molar-refractivity contribution in [2.24, 2.45) is 0 Å². The second-order valence-electron chi connectivity index (χ2n) is 8.20. The zero-order chi connectivity index (χ0) is 23.1. The van der Waals surface area contributed by atoms with Crippen LogP contribution in [0.5, 0.6) is 5.75 Å². The first kappa shape index (κ1) is 24.1. The number of ether oxygens (including phenoxy) is 1. The number of allylic oxidation sites excluding steroid dienone is 1. The maximum Gasteiger partial charge on any atom is 0.234 e. The third-order valence-corrected chi connectivity index (χ3v) is 6.15. The van der Waals surface area contributed by atoms with Crippen molar-refractivity contribution in [3.8, 4) is 5.75 Å². The average Bonchev–Trinajstić information content (AvgIpc) is 3.14. The normalized spacial score (nSPS) is 11.2. The van der Waals surface area contributed by atoms with Gasteiger partial charge in [-0.1, -0.05) is 66.7 Å². The molecular formula is C24H27BrN4O2S. The molecule has 0 saturated heterocycles. The van der Waals surface area contributed by atoms with Gasteiger partial charge in [-0.2, -0.15) is 0 Å². The van der Waals surface area contributed by atoms with Crippen molar-refractivity contribution >= 4 is 39.3 Å². The van der Waals surface area contributed by atoms with E-state index in [0.29, 0.717) is 17.5 Å². The maximum absolute atomic E-state index is 12.3. The summed E-state index contributed by atoms with van der Waals surface area (Å²) in [6, 6.07) is 15.5. The Kier molecular flexibility index (Phi) is 8.15. The molecule has 0 aliphatic heterocycles. The highest BCUT2D eigenvalue weighted by Crippen LogP contribution is 2.25. The van der Waals surface area contributed by atoms with Crippen LogP contribution in [0, 0.1) is 0 Å². The first-order valence-electron chi connectivity index (χ1n) is 10.2. The predicted octanol–water partition coefficient (Wildman–Crippen LogP) is 5.83. The smallest absolute Gasteiger partial charge is 0.234 e. The molecule has 3 aromatic rings. The molecule has 168 valence electrons. The predicted molar refractivity (Wildman–Crippen MR) is 133 cm³/mol. The summed E-state index contributed by atoms with van der Waals surface area (Å²) in [5.74, 6) is 1.57. The average molecular weight is 515 g/mol. The summed E-state index contributed by atoms with van der Waals surface area (Å²) < 4.78 is 8.80. The number of halogens is 1. The van der Waals surface area contributed by atoms with Crippen molar-refractivity contribution in [1.82, 2.24) is 14.8 Å². The molecule has 0 aliphatic carbocycles. The maximum atomic E-state index is 12.3. The number of amides is 1. The molecule has 8 heteroatoms. The van der Waals surface area contributed by atoms with Gasteiger partial charge in [-0.3, -0.25) is 9.36 Å². The minimum Gasteiger partial charge on any atom is -0.486 e. The molecule has 32 heavy (non-hydrogen) atoms. The molecule has 1 aromatic heterocycles. The van der Waals surface area contributed by atoms with Crippen LogP contribution in [0.4, 0.5) is 5.69 Å². The lowest BCUT2D eigenvalue weighted by atomic mass is 9.87. The zero-order valence-corrected chi connectivity index (χ0v) is 20.9. The topological polar surface area (TPSA) is 69.0 Å². The molecule has 6 nitrogen and oxygen atoms in total. The van der Waals surface area contributed by atoms with Gasteiger partial charge in [0.2, 0.25) is 5.91 Å². The molecule has 0 bridgehead atoms. The summed E-state index contributed by atoms with van der Waals surface area (Å²) in [6.07, 6.45) is 1.77. The van der Waals surface area contributed by atoms with Crippen molar-refractivity contribution in [3.05, 3.63) is 77.0 Å². The molecule has 1 heterocycles. The van der Waals surface area contributed by atoms with Gasteiger partial charge in [0.25, 0.3) is 0 Å². The number of nitrogens with one attached hydrogen (secondary N) is 1. The van der Waals surface area contributed by atoms with Gasteiger partial charge in [0.05, 0.1) is 5.75 Å². The molecule has 0 unspecified atom stereocenters. The number of hydrogen-bond acceptors (Lipinski definition) is 5. The second-order valence-corrected chi connectivity index (χ2v) is 10.1. The van der Waals surface area contributed by atoms with E-state index in [-0.39, 0.29) is 23.7 Å². The van der Waals surface area contributed by atoms with Gasteiger partial charge in [-0.25, -0.2) is 0 Å². The minimum absolute atomic E-state index is 0.0957. The highest BCUT2D eigenvalue weighted by molar-refractivity contribution is 9.10. The van der Waals surface area contributed by atoms with E-state index >= 15 is 0 Å². The van der Waals surface area contributed by atoms with Crippen LogP contribution in [0.1, 0.15) is 32.2 Å². The summed E-state index contributed by atoms with van der Waals surface area (Å²) in [7, 11) is 0. The Morgan fingerprint density at radius 1 is 1.16 bits per heavy atom. The number of rotatable bonds is 9. The lowest BCUT2D eigenvalue weighted by molar-refractivity contribution is -0.113. The second kappa shape index (κ2) is 10.8. The first-order chi connectivity index (χ1) is 15.3. The standard InChI is InChI=1S/C24H27BrN4O2S/c1-5-14-29-21(15-31-20-12-6-17(7-13-20)24(2,3)4)27-28-23(29)32-16-22(30)26-19-10-8-18(25)9-11-19/h5-13H,1,14-16H2,2-4H3,(H,26,30). The van der Waals surface area contributed by atoms with Gasteiger partial charge in [-0.15, -0.1) is 16.8 Å². The number of anilines is 1. The lowest BCUT2D eigenvalue weighted by Gasteiger charge is -2.19. The zero-order valence-electron chi connectivity index (χ0n) is 18.5. The summed E-state index contributed by atoms with van der Waals surface area (Å²) in [5.41, 5.74) is 2.09. The van der Waals surface area contributed by atoms with Crippen LogP contribution in [0.25, 0.3) is 0 Å². The Labute approximate surface area is 201 Å². The molecule has 0 atom stereocenters. The SMILES string of the molecule is C=CCn1c(COc2ccc(C(C)(C)C)cc2)nnc1SCC(=O)Nc1ccc(Br)cc1. The lowest BCUT2D eigenvalue weighted by Crippen LogP contribution is -2.15. The van der Waals surface area contributed by atoms with Crippen LogP contribution in [0.3, 0.4) is 0 Å². The number of hydrogen-bond donors (Lipinski definition) is 1. The van der Waals surface area contributed by atoms with Crippen molar-refractivity contribution in [1.29, 1.82) is 0 Å². The number of carbonyl (C=O) groups excluding carboxylic acids is 1. The van der Waals surface area contributed by atoms with E-state index in [1.54, 1.807) is 6.08 Å². The van der Waals surface area contributed by atoms with Gasteiger partial charge in [-0.05, 0) is 47.4 Å². The van der Waals surface area contributed by atoms with Gasteiger partial charge < -0.3 is 10.1 Å². The van der Waals surface area contributed by atoms with Gasteiger partial charge in [0, 0.05) is 16.7 Å². The van der Waals surface area contributed by atoms with E-state index in [0.717, 1.165) is 15.9 Å². The van der Waals surface area contributed by atoms with Crippen LogP contribution in [-0.4, -0.2) is 26.4 Å². The third kappa shape index (κ3) is 6.71. The fourth-order valence-corrected chi connectivity index (χ4v) is 3.94. The molecule has 0 spiro atoms. The van der Waals surface area contributed by atoms with Crippen LogP contribution >= 0.6 is 27.7 Å². The number of benzene rings is 2. The van der Waals surface area contributed by atoms with E-state index in [2.05, 4.69) is 70.9 Å². The summed E-state index contributed by atoms with van der Waals surface area (Å²) in [5, 5.41) is 12.0. The highest BCUT2D eigenvalue weighted by Gasteiger charge is 2.15. The van der Waals surface area contributed by atoms with Gasteiger partial charge in [0.15, 0.2) is 11.0 Å². The van der Waals surface area contributed by atoms with Crippen LogP contribution in [-0.2, 0) is 23.4 Å². The van der Waals surface area contributed by atoms with Gasteiger partial charge >= 0.3 is 0 Å². The Morgan fingerprint density at radius 3 is 2.47 bits per heavy atom. The Bertz CT molecular complexity index is 1060. The van der Waals surface area contributed by atoms with Crippen LogP contribution < -0.4 is 10.1 Å². The van der Waals surface area contributed by atoms with Crippen LogP contribution in [0.15, 0.2) is 70.8 Å². The number of nitrogens with zero attached hydrogens (tertiary/aromatic N) is 3. The Morgan fingerprint density at radius 2 is 1.84 bits per heavy atom. The van der Waals surface area contributed by atoms with Crippen molar-refractivity contribution in [2.75, 3.05) is 11.1 Å². The molecule has 3 rings (SSSR count). The molecular weight excluding hydrogens is 488 g/mol. The summed E-state index contributed by atoms with van der Waals surface area (Å²) >= 11 is 4.71. The van der Waals surface area contributed by atoms with E-state index < -0.39 is 0 Å². The molecule has 1 N–H and O–H groups in total. The first-order valence-corrected chi connectivity index (χ1v) is 12.0. The minimum atomic E-state index is -0.109. The Hall–Kier alpha value is -2.58. The van der Waals surface area contributed by atoms with Crippen molar-refractivity contribution in [2.45, 2.75) is 44.5 Å². The molecule has 0 radical (unpaired) electrons. The highest BCUT2D eigenvalue weighted by atomic mass is 79.9. The third-order valence-electron chi connectivity index (χ3n) is 4.65. The van der Waals surface area contributed by atoms with Crippen LogP contribution in [0.2, 0.25) is 0 Å². The quantitative estimate of drug-likeness (QED) is 0.287. The molecule has 0 fully saturated rings. The molecule has 0 aliphatic rings. The van der Waals surface area contributed by atoms with Gasteiger partial charge in [0.1, 0.15) is 12.4 Å². The van der Waals surface area contributed by atoms with E-state index in [4.69, 9.17) is 4.74 Å². The Balaban J connectivity index is 1.60. The van der Waals surface area contributed by atoms with Crippen molar-refractivity contribution < 1.29 is 9.53 Å². The summed E-state index contributed by atoms with van der Waals surface area (Å²) in [4.78, 5) is 12.3. The number of thioether (sulfide) groups is 1. The monoisotopic (exact) mass is 514 g/mol. The van der Waals surface area contributed by atoms with E-state index in [1.807, 2.05) is 41.0 Å². The van der Waals surface area contributed by atoms with E-state index in [9.17, 15) is 4.79 Å². The van der Waals surface area contributed by atoms with E-state index in [1.165, 1.54) is 17.3 Å². The van der Waals surface area contributed by atoms with Crippen molar-refractivity contribution in [3.63, 3.8) is 0 Å². The largest absolute Gasteiger partial charge is 0.486 e. The molecule has 2 aromatic carbocycles. The summed E-state index contributed by atoms with van der Waals surface area (Å²) in [6.45, 7) is 11.2. The molecule has 1 amide bonds. The fourth-order valence-electron chi connectivity index (χ4n) is 2.90.